The Morgan fingerprint density at radius 3 is 2.56 bits per heavy atom. The minimum Gasteiger partial charge on any atom is -0.494 e. The van der Waals surface area contributed by atoms with Gasteiger partial charge in [0.25, 0.3) is 0 Å². The molecule has 0 aliphatic heterocycles. The Morgan fingerprint density at radius 1 is 1.24 bits per heavy atom. The van der Waals surface area contributed by atoms with Crippen LogP contribution in [0, 0.1) is 29.1 Å². The molecule has 8 nitrogen and oxygen atoms in total. The lowest BCUT2D eigenvalue weighted by atomic mass is 10.1. The van der Waals surface area contributed by atoms with E-state index in [1.54, 1.807) is 18.4 Å². The number of amides is 1. The van der Waals surface area contributed by atoms with Gasteiger partial charge < -0.3 is 14.8 Å². The highest BCUT2D eigenvalue weighted by atomic mass is 32.1. The zero-order chi connectivity index (χ0) is 24.9. The summed E-state index contributed by atoms with van der Waals surface area (Å²) in [4.78, 5) is 18.9. The van der Waals surface area contributed by atoms with Crippen molar-refractivity contribution in [3.05, 3.63) is 34.2 Å². The van der Waals surface area contributed by atoms with Crippen LogP contribution >= 0.6 is 22.7 Å². The first-order valence-corrected chi connectivity index (χ1v) is 12.5. The molecule has 2 aromatic heterocycles. The molecule has 3 aromatic rings. The fourth-order valence-corrected chi connectivity index (χ4v) is 5.09. The summed E-state index contributed by atoms with van der Waals surface area (Å²) >= 11 is 3.14. The summed E-state index contributed by atoms with van der Waals surface area (Å²) in [6.45, 7) is 6.06. The number of aryl methyl sites for hydroxylation is 1. The van der Waals surface area contributed by atoms with Crippen LogP contribution in [0.5, 0.6) is 5.75 Å². The lowest BCUT2D eigenvalue weighted by molar-refractivity contribution is -0.120. The Kier molecular flexibility index (Phi) is 8.02. The molecule has 3 N–H and O–H groups in total. The predicted molar refractivity (Wildman–Crippen MR) is 136 cm³/mol. The third-order valence-corrected chi connectivity index (χ3v) is 7.02. The minimum absolute atomic E-state index is 0.0993. The molecule has 2 heterocycles. The van der Waals surface area contributed by atoms with E-state index >= 15 is 0 Å². The van der Waals surface area contributed by atoms with E-state index in [2.05, 4.69) is 41.5 Å². The number of carbonyl (C=O) groups excluding carboxylic acids is 1. The van der Waals surface area contributed by atoms with Gasteiger partial charge in [0.2, 0.25) is 5.91 Å². The van der Waals surface area contributed by atoms with Crippen LogP contribution in [0.4, 0.5) is 0 Å². The quantitative estimate of drug-likeness (QED) is 0.295. The van der Waals surface area contributed by atoms with Gasteiger partial charge in [-0.25, -0.2) is 4.98 Å². The van der Waals surface area contributed by atoms with Crippen molar-refractivity contribution >= 4 is 50.6 Å². The molecule has 1 aliphatic rings. The van der Waals surface area contributed by atoms with E-state index < -0.39 is 11.4 Å². The molecule has 0 bridgehead atoms. The van der Waals surface area contributed by atoms with E-state index in [4.69, 9.17) is 25.6 Å². The van der Waals surface area contributed by atoms with Gasteiger partial charge in [0.15, 0.2) is 11.8 Å². The highest BCUT2D eigenvalue weighted by molar-refractivity contribution is 7.19. The molecule has 10 heteroatoms. The highest BCUT2D eigenvalue weighted by Gasteiger charge is 2.44. The first kappa shape index (κ1) is 25.3. The van der Waals surface area contributed by atoms with Gasteiger partial charge >= 0.3 is 0 Å². The van der Waals surface area contributed by atoms with E-state index in [-0.39, 0.29) is 24.6 Å². The summed E-state index contributed by atoms with van der Waals surface area (Å²) < 4.78 is 11.7. The number of benzene rings is 1. The first-order chi connectivity index (χ1) is 16.3. The second kappa shape index (κ2) is 10.8. The van der Waals surface area contributed by atoms with Gasteiger partial charge in [-0.1, -0.05) is 13.8 Å². The Hall–Kier alpha value is -3.29. The number of thiophene rings is 1. The molecule has 1 saturated carbocycles. The summed E-state index contributed by atoms with van der Waals surface area (Å²) in [5.41, 5.74) is 0.983. The fraction of sp³-hybridized carbons (Fsp3) is 0.375. The number of methoxy groups -OCH3 is 1. The maximum absolute atomic E-state index is 12.0. The molecule has 0 saturated heterocycles. The Bertz CT molecular complexity index is 1270. The van der Waals surface area contributed by atoms with Crippen molar-refractivity contribution in [2.24, 2.45) is 0 Å². The van der Waals surface area contributed by atoms with E-state index in [0.717, 1.165) is 20.7 Å². The van der Waals surface area contributed by atoms with Crippen molar-refractivity contribution in [2.45, 2.75) is 52.0 Å². The van der Waals surface area contributed by atoms with Crippen molar-refractivity contribution in [3.8, 4) is 22.3 Å². The summed E-state index contributed by atoms with van der Waals surface area (Å²) in [6.07, 6.45) is 1.02. The number of rotatable bonds is 7. The maximum Gasteiger partial charge on any atom is 0.230 e. The highest BCUT2D eigenvalue weighted by Crippen LogP contribution is 2.38. The molecule has 0 radical (unpaired) electrons. The van der Waals surface area contributed by atoms with Crippen LogP contribution in [0.1, 0.15) is 43.0 Å². The van der Waals surface area contributed by atoms with Crippen molar-refractivity contribution in [1.29, 1.82) is 16.1 Å². The first-order valence-electron chi connectivity index (χ1n) is 10.9. The van der Waals surface area contributed by atoms with Gasteiger partial charge in [0, 0.05) is 9.75 Å². The van der Waals surface area contributed by atoms with E-state index in [1.807, 2.05) is 19.9 Å². The standard InChI is InChI=1S/C22H21N5O3S2.C2H6/c1-12-3-4-15(31-12)13-7-14(29-2)21-16(8-13)32-20(26-21)10-18(25)30-17(24)9-19(28)27-22(11-23)5-6-22;1-2/h3-4,7-8,24-25H,5-6,9-10H2,1-2H3,(H,27,28);1-2H3. The summed E-state index contributed by atoms with van der Waals surface area (Å²) in [5.74, 6) is -0.302. The van der Waals surface area contributed by atoms with E-state index in [1.165, 1.54) is 16.2 Å². The van der Waals surface area contributed by atoms with Gasteiger partial charge in [0.05, 0.1) is 24.3 Å². The third-order valence-electron chi connectivity index (χ3n) is 4.97. The average Bonchev–Trinajstić information content (AvgIpc) is 3.23. The molecule has 178 valence electrons. The lowest BCUT2D eigenvalue weighted by Crippen LogP contribution is -2.37. The monoisotopic (exact) mass is 497 g/mol. The Morgan fingerprint density at radius 2 is 1.97 bits per heavy atom. The summed E-state index contributed by atoms with van der Waals surface area (Å²) in [7, 11) is 1.60. The second-order valence-electron chi connectivity index (χ2n) is 7.59. The molecule has 0 atom stereocenters. The second-order valence-corrected chi connectivity index (χ2v) is 9.99. The molecule has 1 fully saturated rings. The van der Waals surface area contributed by atoms with Gasteiger partial charge in [-0.15, -0.1) is 22.7 Å². The number of nitrogens with one attached hydrogen (secondary N) is 3. The number of nitriles is 1. The topological polar surface area (TPSA) is 132 Å². The molecule has 1 amide bonds. The number of hydrogen-bond donors (Lipinski definition) is 3. The minimum atomic E-state index is -0.786. The number of aromatic nitrogens is 1. The lowest BCUT2D eigenvalue weighted by Gasteiger charge is -2.10. The number of fused-ring (bicyclic) bond motifs is 1. The Labute approximate surface area is 206 Å². The molecule has 4 rings (SSSR count). The van der Waals surface area contributed by atoms with Gasteiger partial charge in [0.1, 0.15) is 28.2 Å². The number of carbonyl (C=O) groups is 1. The van der Waals surface area contributed by atoms with Crippen molar-refractivity contribution in [3.63, 3.8) is 0 Å². The van der Waals surface area contributed by atoms with E-state index in [0.29, 0.717) is 23.6 Å². The maximum atomic E-state index is 12.0. The van der Waals surface area contributed by atoms with Crippen LogP contribution in [-0.4, -0.2) is 35.3 Å². The van der Waals surface area contributed by atoms with Crippen LogP contribution in [0.2, 0.25) is 0 Å². The zero-order valence-electron chi connectivity index (χ0n) is 19.6. The number of hydrogen-bond acceptors (Lipinski definition) is 9. The Balaban J connectivity index is 0.00000158. The largest absolute Gasteiger partial charge is 0.494 e. The molecular weight excluding hydrogens is 470 g/mol. The number of nitrogens with zero attached hydrogens (tertiary/aromatic N) is 2. The third kappa shape index (κ3) is 5.98. The van der Waals surface area contributed by atoms with Crippen LogP contribution in [0.3, 0.4) is 0 Å². The van der Waals surface area contributed by atoms with Crippen LogP contribution in [-0.2, 0) is 16.0 Å². The number of ether oxygens (including phenoxy) is 2. The molecule has 34 heavy (non-hydrogen) atoms. The van der Waals surface area contributed by atoms with Gasteiger partial charge in [-0.05, 0) is 49.6 Å². The van der Waals surface area contributed by atoms with Crippen LogP contribution in [0.15, 0.2) is 24.3 Å². The predicted octanol–water partition coefficient (Wildman–Crippen LogP) is 5.44. The van der Waals surface area contributed by atoms with Gasteiger partial charge in [-0.2, -0.15) is 5.26 Å². The molecular formula is C24H27N5O3S2. The van der Waals surface area contributed by atoms with Crippen molar-refractivity contribution < 1.29 is 14.3 Å². The van der Waals surface area contributed by atoms with E-state index in [9.17, 15) is 4.79 Å². The summed E-state index contributed by atoms with van der Waals surface area (Å²) in [5, 5.41) is 28.2. The van der Waals surface area contributed by atoms with Crippen LogP contribution < -0.4 is 10.1 Å². The number of thiazole rings is 1. The molecule has 1 aliphatic carbocycles. The SMILES string of the molecule is CC.COc1cc(-c2ccc(C)s2)cc2sc(CC(=N)OC(=N)CC(=O)NC3(C#N)CC3)nc12. The van der Waals surface area contributed by atoms with Gasteiger partial charge in [-0.3, -0.25) is 15.6 Å². The molecule has 1 aromatic carbocycles. The smallest absolute Gasteiger partial charge is 0.230 e. The van der Waals surface area contributed by atoms with Crippen LogP contribution in [0.25, 0.3) is 20.7 Å². The molecule has 0 spiro atoms. The summed E-state index contributed by atoms with van der Waals surface area (Å²) in [6, 6.07) is 10.2. The fourth-order valence-electron chi connectivity index (χ4n) is 3.21. The zero-order valence-corrected chi connectivity index (χ0v) is 21.2. The molecule has 0 unspecified atom stereocenters. The van der Waals surface area contributed by atoms with Crippen molar-refractivity contribution in [2.75, 3.05) is 7.11 Å². The normalized spacial score (nSPS) is 13.3. The average molecular weight is 498 g/mol. The van der Waals surface area contributed by atoms with Crippen molar-refractivity contribution in [1.82, 2.24) is 10.3 Å².